The van der Waals surface area contributed by atoms with Crippen molar-refractivity contribution in [3.05, 3.63) is 0 Å². The third-order valence-corrected chi connectivity index (χ3v) is 3.02. The maximum absolute atomic E-state index is 13.3. The van der Waals surface area contributed by atoms with Crippen molar-refractivity contribution in [3.63, 3.8) is 0 Å². The monoisotopic (exact) mass is 376 g/mol. The maximum atomic E-state index is 13.3. The van der Waals surface area contributed by atoms with Gasteiger partial charge in [0.2, 0.25) is 0 Å². The molecule has 0 aliphatic carbocycles. The zero-order valence-corrected chi connectivity index (χ0v) is 10.5. The molecule has 1 saturated heterocycles. The summed E-state index contributed by atoms with van der Waals surface area (Å²) in [5.41, 5.74) is 0. The van der Waals surface area contributed by atoms with Crippen molar-refractivity contribution < 1.29 is 57.1 Å². The summed E-state index contributed by atoms with van der Waals surface area (Å²) in [6.45, 7) is -3.56. The third kappa shape index (κ3) is 2.18. The fourth-order valence-corrected chi connectivity index (χ4v) is 1.62. The number of halogens is 13. The van der Waals surface area contributed by atoms with E-state index in [2.05, 4.69) is 0 Å². The molecule has 0 unspecified atom stereocenters. The predicted molar refractivity (Wildman–Crippen MR) is 45.3 cm³/mol. The molecule has 2 nitrogen and oxygen atoms in total. The van der Waals surface area contributed by atoms with Gasteiger partial charge in [0.05, 0.1) is 0 Å². The lowest BCUT2D eigenvalue weighted by Gasteiger charge is -2.54. The van der Waals surface area contributed by atoms with Crippen LogP contribution < -0.4 is 0 Å². The van der Waals surface area contributed by atoms with Gasteiger partial charge in [-0.25, -0.2) is 4.39 Å². The highest BCUT2D eigenvalue weighted by Gasteiger charge is 2.90. The molecule has 0 aromatic carbocycles. The van der Waals surface area contributed by atoms with E-state index in [1.807, 2.05) is 0 Å². The SMILES string of the molecule is CN1C(F)(F)C(F)(F)N(C(F)(F)C(F)(F)CF)C(F)(F)C1(F)F. The van der Waals surface area contributed by atoms with Crippen molar-refractivity contribution in [2.24, 2.45) is 0 Å². The molecule has 0 amide bonds. The fraction of sp³-hybridized carbons (Fsp3) is 1.00. The highest BCUT2D eigenvalue weighted by molar-refractivity contribution is 5.06. The second-order valence-corrected chi connectivity index (χ2v) is 4.44. The van der Waals surface area contributed by atoms with Gasteiger partial charge in [-0.3, -0.25) is 0 Å². The standard InChI is InChI=1S/C8H5F13N2/c1-22-5(14,15)7(18,19)23(8(20,21)6(22,16)17)4(12,13)3(10,11)2-9/h2H2,1H3. The molecule has 0 saturated carbocycles. The summed E-state index contributed by atoms with van der Waals surface area (Å²) < 4.78 is 169. The lowest BCUT2D eigenvalue weighted by molar-refractivity contribution is -0.546. The summed E-state index contributed by atoms with van der Waals surface area (Å²) in [5.74, 6) is -6.39. The third-order valence-electron chi connectivity index (χ3n) is 3.02. The van der Waals surface area contributed by atoms with Gasteiger partial charge >= 0.3 is 36.2 Å². The second kappa shape index (κ2) is 4.77. The molecule has 23 heavy (non-hydrogen) atoms. The molecule has 0 aromatic heterocycles. The second-order valence-electron chi connectivity index (χ2n) is 4.44. The van der Waals surface area contributed by atoms with Crippen molar-refractivity contribution in [2.75, 3.05) is 13.7 Å². The summed E-state index contributed by atoms with van der Waals surface area (Å²) in [4.78, 5) is -5.88. The first-order valence-corrected chi connectivity index (χ1v) is 5.20. The number of hydrogen-bond donors (Lipinski definition) is 0. The number of piperazine rings is 1. The maximum Gasteiger partial charge on any atom is 0.392 e. The van der Waals surface area contributed by atoms with Gasteiger partial charge in [-0.05, 0) is 7.05 Å². The Morgan fingerprint density at radius 2 is 1.00 bits per heavy atom. The minimum Gasteiger partial charge on any atom is -0.244 e. The van der Waals surface area contributed by atoms with Crippen LogP contribution in [-0.4, -0.2) is 59.7 Å². The van der Waals surface area contributed by atoms with Gasteiger partial charge in [0.15, 0.2) is 6.67 Å². The van der Waals surface area contributed by atoms with Gasteiger partial charge in [-0.15, -0.1) is 4.90 Å². The molecule has 15 heteroatoms. The average molecular weight is 376 g/mol. The van der Waals surface area contributed by atoms with Crippen LogP contribution in [0.4, 0.5) is 57.1 Å². The van der Waals surface area contributed by atoms with Gasteiger partial charge in [0, 0.05) is 0 Å². The Balaban J connectivity index is 3.73. The topological polar surface area (TPSA) is 6.48 Å². The number of hydrogen-bond acceptors (Lipinski definition) is 2. The first-order valence-electron chi connectivity index (χ1n) is 5.20. The zero-order chi connectivity index (χ0) is 18.9. The molecule has 0 radical (unpaired) electrons. The first kappa shape index (κ1) is 20.1. The van der Waals surface area contributed by atoms with Gasteiger partial charge in [-0.2, -0.15) is 57.6 Å². The van der Waals surface area contributed by atoms with Crippen LogP contribution in [0.3, 0.4) is 0 Å². The zero-order valence-electron chi connectivity index (χ0n) is 10.5. The Morgan fingerprint density at radius 3 is 1.26 bits per heavy atom. The lowest BCUT2D eigenvalue weighted by Crippen LogP contribution is -2.84. The smallest absolute Gasteiger partial charge is 0.244 e. The van der Waals surface area contributed by atoms with Gasteiger partial charge in [0.25, 0.3) is 0 Å². The van der Waals surface area contributed by atoms with Crippen molar-refractivity contribution in [2.45, 2.75) is 36.2 Å². The molecular weight excluding hydrogens is 371 g/mol. The van der Waals surface area contributed by atoms with E-state index >= 15 is 0 Å². The first-order chi connectivity index (χ1) is 9.83. The minimum absolute atomic E-state index is 0.662. The number of nitrogens with zero attached hydrogens (tertiary/aromatic N) is 2. The van der Waals surface area contributed by atoms with Crippen molar-refractivity contribution in [1.82, 2.24) is 9.80 Å². The Bertz CT molecular complexity index is 434. The van der Waals surface area contributed by atoms with Crippen molar-refractivity contribution in [1.29, 1.82) is 0 Å². The molecule has 0 atom stereocenters. The lowest BCUT2D eigenvalue weighted by atomic mass is 10.1. The highest BCUT2D eigenvalue weighted by atomic mass is 19.4. The van der Waals surface area contributed by atoms with Gasteiger partial charge in [0.1, 0.15) is 0 Å². The Labute approximate surface area is 118 Å². The molecule has 0 aromatic rings. The average Bonchev–Trinajstić information content (AvgIpc) is 2.34. The van der Waals surface area contributed by atoms with E-state index in [0.717, 1.165) is 0 Å². The molecule has 0 bridgehead atoms. The van der Waals surface area contributed by atoms with Crippen LogP contribution in [-0.2, 0) is 0 Å². The van der Waals surface area contributed by atoms with E-state index in [1.165, 1.54) is 0 Å². The molecule has 1 rings (SSSR count). The van der Waals surface area contributed by atoms with Crippen LogP contribution in [0.15, 0.2) is 0 Å². The van der Waals surface area contributed by atoms with Crippen LogP contribution in [0, 0.1) is 0 Å². The Kier molecular flexibility index (Phi) is 4.16. The van der Waals surface area contributed by atoms with Gasteiger partial charge in [-0.1, -0.05) is 0 Å². The molecule has 138 valence electrons. The van der Waals surface area contributed by atoms with E-state index in [1.54, 1.807) is 0 Å². The molecule has 0 N–H and O–H groups in total. The normalized spacial score (nSPS) is 27.9. The fourth-order valence-electron chi connectivity index (χ4n) is 1.62. The highest BCUT2D eigenvalue weighted by Crippen LogP contribution is 2.61. The van der Waals surface area contributed by atoms with E-state index in [-0.39, 0.29) is 0 Å². The Hall–Kier alpha value is -0.990. The Morgan fingerprint density at radius 1 is 0.696 bits per heavy atom. The van der Waals surface area contributed by atoms with Crippen LogP contribution in [0.5, 0.6) is 0 Å². The molecule has 1 aliphatic heterocycles. The predicted octanol–water partition coefficient (Wildman–Crippen LogP) is 3.80. The van der Waals surface area contributed by atoms with Crippen LogP contribution in [0.2, 0.25) is 0 Å². The molecule has 0 spiro atoms. The van der Waals surface area contributed by atoms with E-state index in [4.69, 9.17) is 0 Å². The van der Waals surface area contributed by atoms with Crippen LogP contribution in [0.25, 0.3) is 0 Å². The summed E-state index contributed by atoms with van der Waals surface area (Å²) in [6, 6.07) is -33.7. The molecule has 1 fully saturated rings. The van der Waals surface area contributed by atoms with Crippen molar-refractivity contribution >= 4 is 0 Å². The van der Waals surface area contributed by atoms with E-state index < -0.39 is 59.7 Å². The quantitative estimate of drug-likeness (QED) is 0.546. The largest absolute Gasteiger partial charge is 0.392 e. The number of alkyl halides is 13. The summed E-state index contributed by atoms with van der Waals surface area (Å²) in [7, 11) is -0.662. The summed E-state index contributed by atoms with van der Waals surface area (Å²) in [6.07, 6.45) is 0. The van der Waals surface area contributed by atoms with Crippen LogP contribution in [0.1, 0.15) is 0 Å². The van der Waals surface area contributed by atoms with E-state index in [0.29, 0.717) is 0 Å². The molecule has 1 aliphatic rings. The van der Waals surface area contributed by atoms with Gasteiger partial charge < -0.3 is 0 Å². The summed E-state index contributed by atoms with van der Waals surface area (Å²) >= 11 is 0. The number of likely N-dealkylation sites (N-methyl/N-ethyl adjacent to an activating group) is 1. The summed E-state index contributed by atoms with van der Waals surface area (Å²) in [5, 5.41) is 0. The minimum atomic E-state index is -7.08. The molecule has 1 heterocycles. The van der Waals surface area contributed by atoms with E-state index in [9.17, 15) is 57.1 Å². The number of rotatable bonds is 3. The van der Waals surface area contributed by atoms with Crippen molar-refractivity contribution in [3.8, 4) is 0 Å². The van der Waals surface area contributed by atoms with Crippen LogP contribution >= 0.6 is 0 Å². The molecular formula is C8H5F13N2.